The van der Waals surface area contributed by atoms with Gasteiger partial charge in [0.1, 0.15) is 0 Å². The van der Waals surface area contributed by atoms with Gasteiger partial charge in [0.15, 0.2) is 5.13 Å². The van der Waals surface area contributed by atoms with Crippen molar-refractivity contribution in [3.63, 3.8) is 0 Å². The van der Waals surface area contributed by atoms with Crippen molar-refractivity contribution < 1.29 is 9.90 Å². The Morgan fingerprint density at radius 1 is 1.46 bits per heavy atom. The number of thiazole rings is 1. The molecule has 1 aliphatic rings. The molecule has 0 saturated heterocycles. The van der Waals surface area contributed by atoms with Gasteiger partial charge in [0.2, 0.25) is 5.91 Å². The number of nitrogens with one attached hydrogen (secondary N) is 1. The van der Waals surface area contributed by atoms with E-state index < -0.39 is 0 Å². The van der Waals surface area contributed by atoms with E-state index in [1.54, 1.807) is 0 Å². The number of aliphatic hydroxyl groups is 1. The van der Waals surface area contributed by atoms with Crippen molar-refractivity contribution in [2.75, 3.05) is 18.5 Å². The van der Waals surface area contributed by atoms with E-state index >= 15 is 0 Å². The lowest BCUT2D eigenvalue weighted by Gasteiger charge is -2.35. The van der Waals surface area contributed by atoms with Crippen LogP contribution in [0.4, 0.5) is 5.13 Å². The van der Waals surface area contributed by atoms with Crippen molar-refractivity contribution in [3.05, 3.63) is 46.5 Å². The van der Waals surface area contributed by atoms with Gasteiger partial charge in [0, 0.05) is 31.4 Å². The van der Waals surface area contributed by atoms with Gasteiger partial charge in [-0.05, 0) is 30.4 Å². The number of rotatable bonds is 6. The lowest BCUT2D eigenvalue weighted by atomic mass is 9.86. The van der Waals surface area contributed by atoms with Gasteiger partial charge in [-0.3, -0.25) is 9.69 Å². The monoisotopic (exact) mass is 345 g/mol. The number of fused-ring (bicyclic) bond motifs is 1. The average Bonchev–Trinajstić information content (AvgIpc) is 3.00. The highest BCUT2D eigenvalue weighted by atomic mass is 32.1. The zero-order chi connectivity index (χ0) is 16.9. The molecule has 2 aromatic rings. The number of nitrogens with zero attached hydrogens (tertiary/aromatic N) is 2. The largest absolute Gasteiger partial charge is 0.395 e. The number of carbonyl (C=O) groups is 1. The lowest BCUT2D eigenvalue weighted by molar-refractivity contribution is -0.114. The summed E-state index contributed by atoms with van der Waals surface area (Å²) in [6.07, 6.45) is 3.39. The van der Waals surface area contributed by atoms with E-state index in [1.807, 2.05) is 5.38 Å². The number of aromatic nitrogens is 1. The summed E-state index contributed by atoms with van der Waals surface area (Å²) >= 11 is 1.44. The third-order valence-corrected chi connectivity index (χ3v) is 5.17. The van der Waals surface area contributed by atoms with E-state index in [2.05, 4.69) is 39.5 Å². The Hall–Kier alpha value is -1.76. The molecule has 5 nitrogen and oxygen atoms in total. The van der Waals surface area contributed by atoms with Crippen LogP contribution in [-0.4, -0.2) is 34.0 Å². The highest BCUT2D eigenvalue weighted by Gasteiger charge is 2.26. The van der Waals surface area contributed by atoms with Crippen molar-refractivity contribution in [2.45, 2.75) is 38.8 Å². The first-order valence-electron chi connectivity index (χ1n) is 8.32. The fourth-order valence-corrected chi connectivity index (χ4v) is 4.12. The van der Waals surface area contributed by atoms with Gasteiger partial charge in [-0.15, -0.1) is 11.3 Å². The van der Waals surface area contributed by atoms with E-state index in [4.69, 9.17) is 0 Å². The molecule has 6 heteroatoms. The van der Waals surface area contributed by atoms with Crippen LogP contribution in [0.15, 0.2) is 29.6 Å². The molecule has 1 aromatic carbocycles. The number of amides is 1. The minimum Gasteiger partial charge on any atom is -0.395 e. The molecule has 1 amide bonds. The highest BCUT2D eigenvalue weighted by Crippen LogP contribution is 2.35. The fraction of sp³-hybridized carbons (Fsp3) is 0.444. The summed E-state index contributed by atoms with van der Waals surface area (Å²) in [5.41, 5.74) is 3.71. The second-order valence-corrected chi connectivity index (χ2v) is 6.98. The van der Waals surface area contributed by atoms with E-state index in [0.717, 1.165) is 25.0 Å². The summed E-state index contributed by atoms with van der Waals surface area (Å²) in [4.78, 5) is 17.9. The van der Waals surface area contributed by atoms with Crippen LogP contribution in [0, 0.1) is 0 Å². The fourth-order valence-electron chi connectivity index (χ4n) is 3.38. The zero-order valence-electron chi connectivity index (χ0n) is 13.9. The van der Waals surface area contributed by atoms with E-state index in [1.165, 1.54) is 29.4 Å². The van der Waals surface area contributed by atoms with E-state index in [0.29, 0.717) is 24.3 Å². The number of carbonyl (C=O) groups excluding carboxylic acids is 1. The summed E-state index contributed by atoms with van der Waals surface area (Å²) in [7, 11) is 0. The van der Waals surface area contributed by atoms with Crippen molar-refractivity contribution in [1.29, 1.82) is 0 Å². The van der Waals surface area contributed by atoms with Crippen molar-refractivity contribution in [2.24, 2.45) is 0 Å². The average molecular weight is 345 g/mol. The van der Waals surface area contributed by atoms with Crippen molar-refractivity contribution in [1.82, 2.24) is 9.88 Å². The quantitative estimate of drug-likeness (QED) is 0.845. The summed E-state index contributed by atoms with van der Waals surface area (Å²) < 4.78 is 0. The zero-order valence-corrected chi connectivity index (χ0v) is 14.7. The molecule has 1 unspecified atom stereocenters. The Balaban J connectivity index is 1.78. The Kier molecular flexibility index (Phi) is 5.60. The second kappa shape index (κ2) is 7.88. The third kappa shape index (κ3) is 4.01. The SMILES string of the molecule is CC(=O)Nc1nc(CN(CCO)C2CCCc3ccccc32)cs1. The molecule has 0 spiro atoms. The number of anilines is 1. The van der Waals surface area contributed by atoms with Gasteiger partial charge < -0.3 is 10.4 Å². The molecule has 0 radical (unpaired) electrons. The highest BCUT2D eigenvalue weighted by molar-refractivity contribution is 7.13. The first-order valence-corrected chi connectivity index (χ1v) is 9.20. The molecule has 1 heterocycles. The first-order chi connectivity index (χ1) is 11.7. The molecule has 1 aromatic heterocycles. The standard InChI is InChI=1S/C18H23N3O2S/c1-13(23)19-18-20-15(12-24-18)11-21(9-10-22)17-8-4-6-14-5-2-3-7-16(14)17/h2-3,5,7,12,17,22H,4,6,8-11H2,1H3,(H,19,20,23). The van der Waals surface area contributed by atoms with Crippen LogP contribution in [0.5, 0.6) is 0 Å². The van der Waals surface area contributed by atoms with Crippen LogP contribution in [0.2, 0.25) is 0 Å². The van der Waals surface area contributed by atoms with Crippen LogP contribution in [0.1, 0.15) is 42.6 Å². The summed E-state index contributed by atoms with van der Waals surface area (Å²) in [6, 6.07) is 8.90. The third-order valence-electron chi connectivity index (χ3n) is 4.37. The molecule has 0 bridgehead atoms. The minimum atomic E-state index is -0.107. The Labute approximate surface area is 146 Å². The van der Waals surface area contributed by atoms with Crippen LogP contribution < -0.4 is 5.32 Å². The van der Waals surface area contributed by atoms with Gasteiger partial charge >= 0.3 is 0 Å². The Morgan fingerprint density at radius 2 is 2.29 bits per heavy atom. The first kappa shape index (κ1) is 17.1. The molecule has 0 saturated carbocycles. The van der Waals surface area contributed by atoms with Gasteiger partial charge in [0.05, 0.1) is 12.3 Å². The topological polar surface area (TPSA) is 65.5 Å². The van der Waals surface area contributed by atoms with Gasteiger partial charge in [0.25, 0.3) is 0 Å². The van der Waals surface area contributed by atoms with E-state index in [9.17, 15) is 9.90 Å². The molecule has 0 aliphatic heterocycles. The second-order valence-electron chi connectivity index (χ2n) is 6.13. The van der Waals surface area contributed by atoms with Crippen LogP contribution in [0.3, 0.4) is 0 Å². The molecular formula is C18H23N3O2S. The van der Waals surface area contributed by atoms with Crippen LogP contribution in [-0.2, 0) is 17.8 Å². The molecule has 1 atom stereocenters. The Morgan fingerprint density at radius 3 is 3.08 bits per heavy atom. The summed E-state index contributed by atoms with van der Waals surface area (Å²) in [6.45, 7) is 2.90. The van der Waals surface area contributed by atoms with Gasteiger partial charge in [-0.25, -0.2) is 4.98 Å². The van der Waals surface area contributed by atoms with Gasteiger partial charge in [-0.1, -0.05) is 24.3 Å². The van der Waals surface area contributed by atoms with Gasteiger partial charge in [-0.2, -0.15) is 0 Å². The molecule has 0 fully saturated rings. The number of benzene rings is 1. The molecular weight excluding hydrogens is 322 g/mol. The number of aliphatic hydroxyl groups excluding tert-OH is 1. The minimum absolute atomic E-state index is 0.107. The number of hydrogen-bond acceptors (Lipinski definition) is 5. The molecule has 24 heavy (non-hydrogen) atoms. The molecule has 3 rings (SSSR count). The normalized spacial score (nSPS) is 16.9. The lowest BCUT2D eigenvalue weighted by Crippen LogP contribution is -2.33. The Bertz CT molecular complexity index is 701. The summed E-state index contributed by atoms with van der Waals surface area (Å²) in [5.74, 6) is -0.107. The smallest absolute Gasteiger partial charge is 0.223 e. The molecule has 128 valence electrons. The predicted molar refractivity (Wildman–Crippen MR) is 96.0 cm³/mol. The number of aryl methyl sites for hydroxylation is 1. The van der Waals surface area contributed by atoms with Crippen LogP contribution in [0.25, 0.3) is 0 Å². The maximum absolute atomic E-state index is 11.1. The van der Waals surface area contributed by atoms with Crippen molar-refractivity contribution >= 4 is 22.4 Å². The maximum Gasteiger partial charge on any atom is 0.223 e. The number of hydrogen-bond donors (Lipinski definition) is 2. The maximum atomic E-state index is 11.1. The molecule has 1 aliphatic carbocycles. The summed E-state index contributed by atoms with van der Waals surface area (Å²) in [5, 5.41) is 14.8. The van der Waals surface area contributed by atoms with Crippen molar-refractivity contribution in [3.8, 4) is 0 Å². The van der Waals surface area contributed by atoms with Crippen LogP contribution >= 0.6 is 11.3 Å². The predicted octanol–water partition coefficient (Wildman–Crippen LogP) is 2.97. The molecule has 2 N–H and O–H groups in total. The van der Waals surface area contributed by atoms with E-state index in [-0.39, 0.29) is 12.5 Å².